The van der Waals surface area contributed by atoms with Gasteiger partial charge in [-0.1, -0.05) is 11.8 Å². The molecule has 2 N–H and O–H groups in total. The number of thioether (sulfide) groups is 1. The van der Waals surface area contributed by atoms with Crippen LogP contribution in [0.3, 0.4) is 0 Å². The maximum absolute atomic E-state index is 12.3. The van der Waals surface area contributed by atoms with Gasteiger partial charge in [-0.3, -0.25) is 9.59 Å². The van der Waals surface area contributed by atoms with E-state index < -0.39 is 0 Å². The SMILES string of the molecule is COc1ccc(C(=O)NCc2nnc(SC(C)C(=O)NC(C)(C)C)n2C)cc1. The van der Waals surface area contributed by atoms with Crippen LogP contribution in [0.2, 0.25) is 0 Å². The second-order valence-corrected chi connectivity index (χ2v) is 8.68. The van der Waals surface area contributed by atoms with Crippen LogP contribution in [0.4, 0.5) is 0 Å². The molecule has 0 saturated heterocycles. The number of aromatic nitrogens is 3. The Labute approximate surface area is 169 Å². The molecular weight excluding hydrogens is 378 g/mol. The normalized spacial score (nSPS) is 12.4. The zero-order valence-corrected chi connectivity index (χ0v) is 17.9. The van der Waals surface area contributed by atoms with E-state index in [1.165, 1.54) is 11.8 Å². The van der Waals surface area contributed by atoms with E-state index >= 15 is 0 Å². The van der Waals surface area contributed by atoms with E-state index in [2.05, 4.69) is 20.8 Å². The molecule has 0 radical (unpaired) electrons. The third-order valence-corrected chi connectivity index (χ3v) is 4.97. The molecule has 1 aromatic heterocycles. The fourth-order valence-corrected chi connectivity index (χ4v) is 3.12. The molecule has 152 valence electrons. The lowest BCUT2D eigenvalue weighted by Crippen LogP contribution is -2.44. The molecule has 0 spiro atoms. The minimum absolute atomic E-state index is 0.0603. The quantitative estimate of drug-likeness (QED) is 0.685. The highest BCUT2D eigenvalue weighted by molar-refractivity contribution is 8.00. The van der Waals surface area contributed by atoms with Crippen molar-refractivity contribution < 1.29 is 14.3 Å². The minimum Gasteiger partial charge on any atom is -0.497 e. The van der Waals surface area contributed by atoms with Crippen LogP contribution in [0.1, 0.15) is 43.9 Å². The smallest absolute Gasteiger partial charge is 0.251 e. The Kier molecular flexibility index (Phi) is 7.06. The lowest BCUT2D eigenvalue weighted by atomic mass is 10.1. The average Bonchev–Trinajstić information content (AvgIpc) is 2.98. The zero-order chi connectivity index (χ0) is 20.9. The zero-order valence-electron chi connectivity index (χ0n) is 17.1. The van der Waals surface area contributed by atoms with Crippen molar-refractivity contribution in [3.8, 4) is 5.75 Å². The second kappa shape index (κ2) is 9.09. The van der Waals surface area contributed by atoms with Gasteiger partial charge < -0.3 is 19.9 Å². The number of amides is 2. The molecule has 2 rings (SSSR count). The Hall–Kier alpha value is -2.55. The third kappa shape index (κ3) is 5.98. The highest BCUT2D eigenvalue weighted by Crippen LogP contribution is 2.22. The average molecular weight is 406 g/mol. The Morgan fingerprint density at radius 2 is 1.86 bits per heavy atom. The Morgan fingerprint density at radius 3 is 2.43 bits per heavy atom. The van der Waals surface area contributed by atoms with Gasteiger partial charge >= 0.3 is 0 Å². The topological polar surface area (TPSA) is 98.1 Å². The molecule has 1 heterocycles. The van der Waals surface area contributed by atoms with Crippen LogP contribution >= 0.6 is 11.8 Å². The van der Waals surface area contributed by atoms with E-state index in [0.29, 0.717) is 22.3 Å². The molecule has 0 saturated carbocycles. The first-order valence-corrected chi connectivity index (χ1v) is 9.78. The van der Waals surface area contributed by atoms with E-state index in [0.717, 1.165) is 0 Å². The van der Waals surface area contributed by atoms with E-state index in [1.54, 1.807) is 35.9 Å². The minimum atomic E-state index is -0.316. The summed E-state index contributed by atoms with van der Waals surface area (Å²) in [6.45, 7) is 7.87. The first kappa shape index (κ1) is 21.7. The molecule has 2 aromatic rings. The van der Waals surface area contributed by atoms with E-state index in [9.17, 15) is 9.59 Å². The number of carbonyl (C=O) groups is 2. The van der Waals surface area contributed by atoms with Crippen LogP contribution in [0.5, 0.6) is 5.75 Å². The lowest BCUT2D eigenvalue weighted by molar-refractivity contribution is -0.121. The number of nitrogens with one attached hydrogen (secondary N) is 2. The Bertz CT molecular complexity index is 827. The maximum atomic E-state index is 12.3. The van der Waals surface area contributed by atoms with E-state index in [-0.39, 0.29) is 29.1 Å². The first-order chi connectivity index (χ1) is 13.1. The van der Waals surface area contributed by atoms with Gasteiger partial charge in [0, 0.05) is 18.2 Å². The standard InChI is InChI=1S/C19H27N5O3S/c1-12(16(25)21-19(2,3)4)28-18-23-22-15(24(18)5)11-20-17(26)13-7-9-14(27-6)10-8-13/h7-10,12H,11H2,1-6H3,(H,20,26)(H,21,25). The maximum Gasteiger partial charge on any atom is 0.251 e. The third-order valence-electron chi connectivity index (χ3n) is 3.83. The molecule has 0 aliphatic rings. The summed E-state index contributed by atoms with van der Waals surface area (Å²) in [6.07, 6.45) is 0. The van der Waals surface area contributed by atoms with Crippen molar-refractivity contribution in [1.82, 2.24) is 25.4 Å². The Morgan fingerprint density at radius 1 is 1.21 bits per heavy atom. The van der Waals surface area contributed by atoms with Crippen LogP contribution < -0.4 is 15.4 Å². The van der Waals surface area contributed by atoms with Crippen LogP contribution in [-0.2, 0) is 18.4 Å². The molecule has 1 unspecified atom stereocenters. The van der Waals surface area contributed by atoms with Gasteiger partial charge in [0.1, 0.15) is 5.75 Å². The van der Waals surface area contributed by atoms with Crippen molar-refractivity contribution in [2.45, 2.75) is 50.2 Å². The lowest BCUT2D eigenvalue weighted by Gasteiger charge is -2.22. The van der Waals surface area contributed by atoms with Gasteiger partial charge in [-0.15, -0.1) is 10.2 Å². The van der Waals surface area contributed by atoms with Gasteiger partial charge in [0.15, 0.2) is 11.0 Å². The summed E-state index contributed by atoms with van der Waals surface area (Å²) in [6, 6.07) is 6.86. The van der Waals surface area contributed by atoms with Crippen LogP contribution in [0.25, 0.3) is 0 Å². The van der Waals surface area contributed by atoms with Crippen molar-refractivity contribution in [2.24, 2.45) is 7.05 Å². The van der Waals surface area contributed by atoms with Crippen molar-refractivity contribution in [3.63, 3.8) is 0 Å². The molecule has 28 heavy (non-hydrogen) atoms. The van der Waals surface area contributed by atoms with Crippen molar-refractivity contribution in [3.05, 3.63) is 35.7 Å². The summed E-state index contributed by atoms with van der Waals surface area (Å²) in [5.74, 6) is 1.02. The van der Waals surface area contributed by atoms with Crippen LogP contribution in [-0.4, -0.2) is 44.5 Å². The fourth-order valence-electron chi connectivity index (χ4n) is 2.29. The molecule has 1 atom stereocenters. The highest BCUT2D eigenvalue weighted by Gasteiger charge is 2.22. The largest absolute Gasteiger partial charge is 0.497 e. The number of nitrogens with zero attached hydrogens (tertiary/aromatic N) is 3. The van der Waals surface area contributed by atoms with Gasteiger partial charge in [-0.2, -0.15) is 0 Å². The van der Waals surface area contributed by atoms with Crippen molar-refractivity contribution >= 4 is 23.6 Å². The van der Waals surface area contributed by atoms with Crippen LogP contribution in [0, 0.1) is 0 Å². The summed E-state index contributed by atoms with van der Waals surface area (Å²) >= 11 is 1.33. The number of ether oxygens (including phenoxy) is 1. The van der Waals surface area contributed by atoms with E-state index in [4.69, 9.17) is 4.74 Å². The summed E-state index contributed by atoms with van der Waals surface area (Å²) in [4.78, 5) is 24.5. The summed E-state index contributed by atoms with van der Waals surface area (Å²) in [5, 5.41) is 14.3. The number of carbonyl (C=O) groups excluding carboxylic acids is 2. The highest BCUT2D eigenvalue weighted by atomic mass is 32.2. The molecule has 2 amide bonds. The molecule has 0 bridgehead atoms. The van der Waals surface area contributed by atoms with Gasteiger partial charge in [0.05, 0.1) is 18.9 Å². The number of benzene rings is 1. The molecular formula is C19H27N5O3S. The first-order valence-electron chi connectivity index (χ1n) is 8.90. The molecule has 0 aliphatic heterocycles. The molecule has 9 heteroatoms. The molecule has 8 nitrogen and oxygen atoms in total. The van der Waals surface area contributed by atoms with Crippen LogP contribution in [0.15, 0.2) is 29.4 Å². The van der Waals surface area contributed by atoms with Crippen molar-refractivity contribution in [1.29, 1.82) is 0 Å². The van der Waals surface area contributed by atoms with Gasteiger partial charge in [-0.05, 0) is 52.0 Å². The summed E-state index contributed by atoms with van der Waals surface area (Å²) < 4.78 is 6.87. The predicted molar refractivity (Wildman–Crippen MR) is 108 cm³/mol. The number of hydrogen-bond acceptors (Lipinski definition) is 6. The molecule has 0 fully saturated rings. The number of methoxy groups -OCH3 is 1. The summed E-state index contributed by atoms with van der Waals surface area (Å²) in [7, 11) is 3.39. The molecule has 1 aromatic carbocycles. The van der Waals surface area contributed by atoms with E-state index in [1.807, 2.05) is 34.7 Å². The number of hydrogen-bond donors (Lipinski definition) is 2. The van der Waals surface area contributed by atoms with Gasteiger partial charge in [0.2, 0.25) is 5.91 Å². The van der Waals surface area contributed by atoms with Crippen molar-refractivity contribution in [2.75, 3.05) is 7.11 Å². The van der Waals surface area contributed by atoms with Gasteiger partial charge in [-0.25, -0.2) is 0 Å². The predicted octanol–water partition coefficient (Wildman–Crippen LogP) is 2.15. The monoisotopic (exact) mass is 405 g/mol. The van der Waals surface area contributed by atoms with Gasteiger partial charge in [0.25, 0.3) is 5.91 Å². The summed E-state index contributed by atoms with van der Waals surface area (Å²) in [5.41, 5.74) is 0.243. The second-order valence-electron chi connectivity index (χ2n) is 7.37. The number of rotatable bonds is 7. The Balaban J connectivity index is 1.94. The molecule has 0 aliphatic carbocycles. The fraction of sp³-hybridized carbons (Fsp3) is 0.474.